The van der Waals surface area contributed by atoms with Gasteiger partial charge in [0, 0.05) is 74.9 Å². The molecule has 11 rings (SSSR count). The number of nitrogens with one attached hydrogen (secondary N) is 2. The van der Waals surface area contributed by atoms with Crippen LogP contribution in [0.25, 0.3) is 32.2 Å². The van der Waals surface area contributed by atoms with Gasteiger partial charge in [-0.15, -0.1) is 0 Å². The van der Waals surface area contributed by atoms with Gasteiger partial charge in [-0.3, -0.25) is 34.6 Å². The molecule has 0 spiro atoms. The lowest BCUT2D eigenvalue weighted by Crippen LogP contribution is -2.47. The Morgan fingerprint density at radius 2 is 1.67 bits per heavy atom. The average molecular weight is 1000 g/mol. The van der Waals surface area contributed by atoms with E-state index in [0.29, 0.717) is 66.3 Å². The molecular weight excluding hydrogens is 939 g/mol. The van der Waals surface area contributed by atoms with E-state index in [2.05, 4.69) is 55.4 Å². The van der Waals surface area contributed by atoms with Crippen molar-refractivity contribution in [1.29, 1.82) is 0 Å². The second-order valence-corrected chi connectivity index (χ2v) is 21.3. The number of pyridine rings is 1. The Morgan fingerprint density at radius 1 is 0.863 bits per heavy atom. The van der Waals surface area contributed by atoms with Crippen LogP contribution in [0.4, 0.5) is 16.6 Å². The van der Waals surface area contributed by atoms with Gasteiger partial charge in [-0.1, -0.05) is 54.7 Å². The summed E-state index contributed by atoms with van der Waals surface area (Å²) < 4.78 is 9.58. The van der Waals surface area contributed by atoms with Gasteiger partial charge in [-0.2, -0.15) is 5.10 Å². The molecule has 3 aromatic heterocycles. The molecule has 0 bridgehead atoms. The predicted molar refractivity (Wildman–Crippen MR) is 285 cm³/mol. The molecule has 1 saturated carbocycles. The van der Waals surface area contributed by atoms with Crippen LogP contribution in [-0.2, 0) is 29.6 Å². The summed E-state index contributed by atoms with van der Waals surface area (Å²) in [6.07, 6.45) is 6.95. The molecule has 3 amide bonds. The number of aromatic nitrogens is 4. The highest BCUT2D eigenvalue weighted by Crippen LogP contribution is 2.39. The van der Waals surface area contributed by atoms with Gasteiger partial charge in [-0.25, -0.2) is 14.8 Å². The summed E-state index contributed by atoms with van der Waals surface area (Å²) >= 11 is 1.44. The number of imide groups is 1. The predicted octanol–water partition coefficient (Wildman–Crippen LogP) is 9.37. The van der Waals surface area contributed by atoms with Gasteiger partial charge in [0.2, 0.25) is 11.8 Å². The highest BCUT2D eigenvalue weighted by molar-refractivity contribution is 7.22. The van der Waals surface area contributed by atoms with Crippen molar-refractivity contribution >= 4 is 72.8 Å². The van der Waals surface area contributed by atoms with Crippen molar-refractivity contribution in [1.82, 2.24) is 30.0 Å². The minimum atomic E-state index is -1.10. The molecular formula is C57H61N9O6S. The van der Waals surface area contributed by atoms with Gasteiger partial charge in [0.05, 0.1) is 33.4 Å². The summed E-state index contributed by atoms with van der Waals surface area (Å²) in [5, 5.41) is 22.3. The van der Waals surface area contributed by atoms with Gasteiger partial charge in [0.15, 0.2) is 10.8 Å². The molecule has 376 valence electrons. The molecule has 3 fully saturated rings. The zero-order valence-electron chi connectivity index (χ0n) is 41.6. The lowest BCUT2D eigenvalue weighted by Gasteiger charge is -2.37. The Balaban J connectivity index is 0.673. The lowest BCUT2D eigenvalue weighted by molar-refractivity contribution is -0.134. The number of hydrogen-bond donors (Lipinski definition) is 3. The number of fused-ring (bicyclic) bond motifs is 3. The number of nitrogens with zero attached hydrogens (tertiary/aromatic N) is 7. The van der Waals surface area contributed by atoms with Crippen LogP contribution in [0.15, 0.2) is 91.0 Å². The number of aryl methyl sites for hydroxylation is 1. The fraction of sp³-hybridized carbons (Fsp3) is 0.386. The highest BCUT2D eigenvalue weighted by Gasteiger charge is 2.33. The van der Waals surface area contributed by atoms with Crippen molar-refractivity contribution in [2.75, 3.05) is 54.4 Å². The summed E-state index contributed by atoms with van der Waals surface area (Å²) in [5.41, 5.74) is 8.49. The molecule has 16 heteroatoms. The van der Waals surface area contributed by atoms with E-state index in [0.717, 1.165) is 125 Å². The normalized spacial score (nSPS) is 20.0. The van der Waals surface area contributed by atoms with Crippen LogP contribution in [-0.4, -0.2) is 98.8 Å². The van der Waals surface area contributed by atoms with Crippen LogP contribution in [0, 0.1) is 18.8 Å². The number of benzene rings is 4. The second-order valence-electron chi connectivity index (χ2n) is 20.3. The Kier molecular flexibility index (Phi) is 13.4. The van der Waals surface area contributed by atoms with Crippen molar-refractivity contribution in [2.45, 2.75) is 83.8 Å². The average Bonchev–Trinajstić information content (AvgIpc) is 3.97. The lowest BCUT2D eigenvalue weighted by atomic mass is 9.78. The first kappa shape index (κ1) is 48.1. The van der Waals surface area contributed by atoms with Crippen LogP contribution in [0.5, 0.6) is 5.75 Å². The zero-order valence-corrected chi connectivity index (χ0v) is 42.4. The molecule has 0 radical (unpaired) electrons. The molecule has 1 unspecified atom stereocenters. The number of aromatic carboxylic acids is 1. The molecule has 3 N–H and O–H groups in total. The maximum atomic E-state index is 13.7. The van der Waals surface area contributed by atoms with Crippen molar-refractivity contribution in [3.63, 3.8) is 0 Å². The number of ether oxygens (including phenoxy) is 1. The van der Waals surface area contributed by atoms with E-state index >= 15 is 0 Å². The van der Waals surface area contributed by atoms with E-state index in [1.807, 2.05) is 91.4 Å². The summed E-state index contributed by atoms with van der Waals surface area (Å²) in [4.78, 5) is 67.4. The largest absolute Gasteiger partial charge is 0.490 e. The van der Waals surface area contributed by atoms with E-state index in [1.54, 1.807) is 0 Å². The van der Waals surface area contributed by atoms with E-state index < -0.39 is 11.9 Å². The first-order chi connectivity index (χ1) is 35.4. The third-order valence-corrected chi connectivity index (χ3v) is 16.9. The van der Waals surface area contributed by atoms with E-state index in [9.17, 15) is 24.3 Å². The van der Waals surface area contributed by atoms with Crippen molar-refractivity contribution < 1.29 is 29.0 Å². The van der Waals surface area contributed by atoms with Crippen LogP contribution in [0.3, 0.4) is 0 Å². The Labute approximate surface area is 428 Å². The number of para-hydroxylation sites is 1. The second kappa shape index (κ2) is 20.4. The Morgan fingerprint density at radius 3 is 2.47 bits per heavy atom. The van der Waals surface area contributed by atoms with Crippen LogP contribution in [0.2, 0.25) is 0 Å². The van der Waals surface area contributed by atoms with Crippen LogP contribution in [0.1, 0.15) is 101 Å². The first-order valence-electron chi connectivity index (χ1n) is 25.8. The number of carboxylic acid groups (broad SMARTS) is 1. The first-order valence-corrected chi connectivity index (χ1v) is 26.6. The van der Waals surface area contributed by atoms with Gasteiger partial charge in [0.1, 0.15) is 11.6 Å². The third kappa shape index (κ3) is 9.89. The number of thiazole rings is 1. The van der Waals surface area contributed by atoms with E-state index in [-0.39, 0.29) is 29.5 Å². The molecule has 6 heterocycles. The molecule has 4 aromatic carbocycles. The number of carboxylic acids is 1. The summed E-state index contributed by atoms with van der Waals surface area (Å²) in [6, 6.07) is 29.6. The number of rotatable bonds is 13. The Hall–Kier alpha value is -7.17. The van der Waals surface area contributed by atoms with Gasteiger partial charge >= 0.3 is 5.97 Å². The summed E-state index contributed by atoms with van der Waals surface area (Å²) in [5.74, 6) is 0.356. The van der Waals surface area contributed by atoms with Crippen molar-refractivity contribution in [2.24, 2.45) is 18.9 Å². The minimum absolute atomic E-state index is 0.0205. The number of carbonyl (C=O) groups excluding carboxylic acids is 3. The number of anilines is 3. The minimum Gasteiger partial charge on any atom is -0.490 e. The molecule has 3 aliphatic heterocycles. The molecule has 1 aliphatic carbocycles. The highest BCUT2D eigenvalue weighted by atomic mass is 32.1. The maximum Gasteiger partial charge on any atom is 0.355 e. The molecule has 15 nitrogen and oxygen atoms in total. The van der Waals surface area contributed by atoms with Gasteiger partial charge < -0.3 is 19.6 Å². The van der Waals surface area contributed by atoms with Crippen molar-refractivity contribution in [3.8, 4) is 16.9 Å². The van der Waals surface area contributed by atoms with Crippen molar-refractivity contribution in [3.05, 3.63) is 125 Å². The third-order valence-electron chi connectivity index (χ3n) is 15.9. The van der Waals surface area contributed by atoms with Crippen LogP contribution < -0.4 is 25.2 Å². The maximum absolute atomic E-state index is 13.7. The molecule has 2 atom stereocenters. The molecule has 2 saturated heterocycles. The molecule has 73 heavy (non-hydrogen) atoms. The van der Waals surface area contributed by atoms with Crippen LogP contribution >= 0.6 is 11.3 Å². The summed E-state index contributed by atoms with van der Waals surface area (Å²) in [7, 11) is 1.92. The monoisotopic (exact) mass is 999 g/mol. The van der Waals surface area contributed by atoms with Gasteiger partial charge in [-0.05, 0) is 147 Å². The number of piperazine rings is 1. The fourth-order valence-corrected chi connectivity index (χ4v) is 12.5. The number of carbonyl (C=O) groups is 4. The SMILES string of the molecule is Cc1c(O[C@H]2CC[C@H]([C@H](C)CCN3CCN(c4ccc5c(C6CCC(=O)NC6=O)nn(C)c5c4)CC3)CC2)cccc1-c1ccc(N2CCc3cccc(C(=O)Nc4nc5ccccc5s4)c3C2)nc1C(=O)O. The molecule has 4 aliphatic rings. The standard InChI is InChI=1S/C57H61N9O6S/c1-34(24-26-64-28-30-65(31-29-64)38-16-19-43-47(32-38)63(3)62-52(43)44-21-23-51(67)60-55(44)69)36-14-17-39(18-15-36)72-48-12-7-9-40(35(48)2)41-20-22-50(59-53(41)56(70)71)66-27-25-37-8-6-10-42(45(37)33-66)54(68)61-57-58-46-11-4-5-13-49(46)73-57/h4-13,16,19-20,22,32,34,36,39,44H,14-15,17-18,21,23-31,33H2,1-3H3,(H,70,71)(H,58,61,68)(H,60,67,69)/t34-,36-,39-,44?/m1/s1. The molecule has 7 aromatic rings. The Bertz CT molecular complexity index is 3230. The smallest absolute Gasteiger partial charge is 0.355 e. The van der Waals surface area contributed by atoms with E-state index in [1.165, 1.54) is 11.3 Å². The topological polar surface area (TPSA) is 175 Å². The number of piperidine rings is 1. The quantitative estimate of drug-likeness (QED) is 0.0936. The van der Waals surface area contributed by atoms with E-state index in [4.69, 9.17) is 14.8 Å². The summed E-state index contributed by atoms with van der Waals surface area (Å²) in [6.45, 7) is 10.5. The zero-order chi connectivity index (χ0) is 50.3. The number of hydrogen-bond acceptors (Lipinski definition) is 12. The van der Waals surface area contributed by atoms with Gasteiger partial charge in [0.25, 0.3) is 5.91 Å². The number of amides is 3. The fourth-order valence-electron chi connectivity index (χ4n) is 11.6.